The van der Waals surface area contributed by atoms with Crippen molar-refractivity contribution in [1.82, 2.24) is 15.0 Å². The molecule has 6 nitrogen and oxygen atoms in total. The molecular weight excluding hydrogens is 180 g/mol. The van der Waals surface area contributed by atoms with Crippen LogP contribution < -0.4 is 16.4 Å². The standard InChI is InChI=1S/C8H16N6/c1-5(2)4-14(3)8-12-6(9)11-7(10)13-8/h5H,4H2,1-3H3,(H4,9,10,11,12,13). The van der Waals surface area contributed by atoms with Crippen molar-refractivity contribution in [1.29, 1.82) is 0 Å². The second-order valence-corrected chi connectivity index (χ2v) is 3.63. The molecule has 0 aliphatic rings. The number of nitrogens with zero attached hydrogens (tertiary/aromatic N) is 4. The predicted molar refractivity (Wildman–Crippen MR) is 56.8 cm³/mol. The number of hydrogen-bond acceptors (Lipinski definition) is 6. The summed E-state index contributed by atoms with van der Waals surface area (Å²) in [5, 5.41) is 0. The Morgan fingerprint density at radius 1 is 1.14 bits per heavy atom. The molecule has 1 aromatic heterocycles. The van der Waals surface area contributed by atoms with E-state index in [4.69, 9.17) is 11.5 Å². The van der Waals surface area contributed by atoms with Crippen LogP contribution in [0.5, 0.6) is 0 Å². The van der Waals surface area contributed by atoms with Gasteiger partial charge in [-0.2, -0.15) is 15.0 Å². The molecule has 0 saturated carbocycles. The molecule has 0 fully saturated rings. The van der Waals surface area contributed by atoms with E-state index in [1.54, 1.807) is 0 Å². The Morgan fingerprint density at radius 2 is 1.64 bits per heavy atom. The molecule has 0 atom stereocenters. The van der Waals surface area contributed by atoms with E-state index in [0.29, 0.717) is 11.9 Å². The molecule has 0 radical (unpaired) electrons. The number of anilines is 3. The van der Waals surface area contributed by atoms with Gasteiger partial charge in [0.1, 0.15) is 0 Å². The Balaban J connectivity index is 2.84. The summed E-state index contributed by atoms with van der Waals surface area (Å²) in [6, 6.07) is 0. The van der Waals surface area contributed by atoms with Gasteiger partial charge in [0.05, 0.1) is 0 Å². The van der Waals surface area contributed by atoms with Crippen LogP contribution in [0.2, 0.25) is 0 Å². The molecule has 1 aromatic rings. The smallest absolute Gasteiger partial charge is 0.231 e. The zero-order chi connectivity index (χ0) is 10.7. The van der Waals surface area contributed by atoms with Crippen molar-refractivity contribution < 1.29 is 0 Å². The molecule has 0 unspecified atom stereocenters. The van der Waals surface area contributed by atoms with Gasteiger partial charge in [-0.05, 0) is 5.92 Å². The lowest BCUT2D eigenvalue weighted by molar-refractivity contribution is 0.629. The van der Waals surface area contributed by atoms with Crippen molar-refractivity contribution >= 4 is 17.8 Å². The summed E-state index contributed by atoms with van der Waals surface area (Å²) < 4.78 is 0. The van der Waals surface area contributed by atoms with Crippen LogP contribution >= 0.6 is 0 Å². The molecule has 0 spiro atoms. The average Bonchev–Trinajstić information content (AvgIpc) is 2.00. The molecule has 4 N–H and O–H groups in total. The second kappa shape index (κ2) is 4.08. The van der Waals surface area contributed by atoms with Gasteiger partial charge in [0.2, 0.25) is 17.8 Å². The van der Waals surface area contributed by atoms with Crippen LogP contribution in [0, 0.1) is 5.92 Å². The van der Waals surface area contributed by atoms with Crippen molar-refractivity contribution in [3.8, 4) is 0 Å². The molecule has 0 aromatic carbocycles. The summed E-state index contributed by atoms with van der Waals surface area (Å²) >= 11 is 0. The molecule has 1 heterocycles. The maximum Gasteiger partial charge on any atom is 0.231 e. The highest BCUT2D eigenvalue weighted by Gasteiger charge is 2.08. The van der Waals surface area contributed by atoms with Gasteiger partial charge in [0, 0.05) is 13.6 Å². The van der Waals surface area contributed by atoms with Crippen molar-refractivity contribution in [2.24, 2.45) is 5.92 Å². The molecule has 0 bridgehead atoms. The second-order valence-electron chi connectivity index (χ2n) is 3.63. The van der Waals surface area contributed by atoms with E-state index in [1.807, 2.05) is 11.9 Å². The Labute approximate surface area is 83.4 Å². The quantitative estimate of drug-likeness (QED) is 0.713. The Morgan fingerprint density at radius 3 is 2.07 bits per heavy atom. The first-order chi connectivity index (χ1) is 6.49. The van der Waals surface area contributed by atoms with Gasteiger partial charge in [0.25, 0.3) is 0 Å². The normalized spacial score (nSPS) is 10.6. The highest BCUT2D eigenvalue weighted by Crippen LogP contribution is 2.09. The minimum atomic E-state index is 0.156. The molecular formula is C8H16N6. The molecule has 6 heteroatoms. The zero-order valence-electron chi connectivity index (χ0n) is 8.73. The summed E-state index contributed by atoms with van der Waals surface area (Å²) in [6.07, 6.45) is 0. The lowest BCUT2D eigenvalue weighted by Crippen LogP contribution is -2.25. The van der Waals surface area contributed by atoms with Crippen LogP contribution in [0.25, 0.3) is 0 Å². The van der Waals surface area contributed by atoms with Gasteiger partial charge in [-0.3, -0.25) is 0 Å². The maximum absolute atomic E-state index is 5.46. The number of hydrogen-bond donors (Lipinski definition) is 2. The third-order valence-electron chi connectivity index (χ3n) is 1.64. The molecule has 0 saturated heterocycles. The minimum Gasteiger partial charge on any atom is -0.368 e. The van der Waals surface area contributed by atoms with E-state index in [1.165, 1.54) is 0 Å². The molecule has 0 aliphatic carbocycles. The first-order valence-corrected chi connectivity index (χ1v) is 4.47. The Kier molecular flexibility index (Phi) is 3.06. The fraction of sp³-hybridized carbons (Fsp3) is 0.625. The molecule has 1 rings (SSSR count). The molecule has 14 heavy (non-hydrogen) atoms. The minimum absolute atomic E-state index is 0.156. The fourth-order valence-electron chi connectivity index (χ4n) is 1.20. The summed E-state index contributed by atoms with van der Waals surface area (Å²) in [7, 11) is 1.90. The van der Waals surface area contributed by atoms with Crippen LogP contribution in [0.4, 0.5) is 17.8 Å². The maximum atomic E-state index is 5.46. The van der Waals surface area contributed by atoms with Crippen LogP contribution in [0.15, 0.2) is 0 Å². The van der Waals surface area contributed by atoms with Crippen LogP contribution in [0.1, 0.15) is 13.8 Å². The van der Waals surface area contributed by atoms with Gasteiger partial charge in [-0.1, -0.05) is 13.8 Å². The molecule has 0 amide bonds. The van der Waals surface area contributed by atoms with Gasteiger partial charge in [-0.15, -0.1) is 0 Å². The monoisotopic (exact) mass is 196 g/mol. The third-order valence-corrected chi connectivity index (χ3v) is 1.64. The van der Waals surface area contributed by atoms with Crippen LogP contribution in [-0.4, -0.2) is 28.5 Å². The summed E-state index contributed by atoms with van der Waals surface area (Å²) in [4.78, 5) is 13.6. The first-order valence-electron chi connectivity index (χ1n) is 4.47. The largest absolute Gasteiger partial charge is 0.368 e. The first kappa shape index (κ1) is 10.5. The number of rotatable bonds is 3. The van der Waals surface area contributed by atoms with Gasteiger partial charge in [-0.25, -0.2) is 0 Å². The predicted octanol–water partition coefficient (Wildman–Crippen LogP) is 0.128. The molecule has 0 aliphatic heterocycles. The van der Waals surface area contributed by atoms with E-state index < -0.39 is 0 Å². The number of nitrogens with two attached hydrogens (primary N) is 2. The van der Waals surface area contributed by atoms with Crippen molar-refractivity contribution in [2.75, 3.05) is 30.0 Å². The van der Waals surface area contributed by atoms with E-state index in [-0.39, 0.29) is 11.9 Å². The average molecular weight is 196 g/mol. The van der Waals surface area contributed by atoms with Crippen molar-refractivity contribution in [3.05, 3.63) is 0 Å². The van der Waals surface area contributed by atoms with Gasteiger partial charge >= 0.3 is 0 Å². The number of aromatic nitrogens is 3. The Hall–Kier alpha value is -1.59. The van der Waals surface area contributed by atoms with E-state index in [9.17, 15) is 0 Å². The lowest BCUT2D eigenvalue weighted by atomic mass is 10.2. The SMILES string of the molecule is CC(C)CN(C)c1nc(N)nc(N)n1. The van der Waals surface area contributed by atoms with E-state index in [0.717, 1.165) is 6.54 Å². The lowest BCUT2D eigenvalue weighted by Gasteiger charge is -2.19. The summed E-state index contributed by atoms with van der Waals surface area (Å²) in [5.74, 6) is 1.36. The van der Waals surface area contributed by atoms with Crippen LogP contribution in [-0.2, 0) is 0 Å². The van der Waals surface area contributed by atoms with Crippen LogP contribution in [0.3, 0.4) is 0 Å². The molecule has 78 valence electrons. The summed E-state index contributed by atoms with van der Waals surface area (Å²) in [5.41, 5.74) is 10.9. The third kappa shape index (κ3) is 2.72. The van der Waals surface area contributed by atoms with Crippen molar-refractivity contribution in [3.63, 3.8) is 0 Å². The zero-order valence-corrected chi connectivity index (χ0v) is 8.73. The van der Waals surface area contributed by atoms with Gasteiger partial charge in [0.15, 0.2) is 0 Å². The fourth-order valence-corrected chi connectivity index (χ4v) is 1.20. The topological polar surface area (TPSA) is 94.0 Å². The van der Waals surface area contributed by atoms with E-state index >= 15 is 0 Å². The Bertz CT molecular complexity index is 290. The van der Waals surface area contributed by atoms with E-state index in [2.05, 4.69) is 28.8 Å². The summed E-state index contributed by atoms with van der Waals surface area (Å²) in [6.45, 7) is 5.08. The van der Waals surface area contributed by atoms with Crippen molar-refractivity contribution in [2.45, 2.75) is 13.8 Å². The highest BCUT2D eigenvalue weighted by molar-refractivity contribution is 5.38. The van der Waals surface area contributed by atoms with Gasteiger partial charge < -0.3 is 16.4 Å². The number of nitrogen functional groups attached to an aromatic ring is 2. The highest BCUT2D eigenvalue weighted by atomic mass is 15.3.